The van der Waals surface area contributed by atoms with Crippen LogP contribution in [0.1, 0.15) is 25.3 Å². The summed E-state index contributed by atoms with van der Waals surface area (Å²) in [4.78, 5) is 0. The minimum atomic E-state index is -0.792. The average molecular weight is 255 g/mol. The molecular weight excluding hydrogens is 236 g/mol. The van der Waals surface area contributed by atoms with Gasteiger partial charge in [0.15, 0.2) is 0 Å². The first-order chi connectivity index (χ1) is 8.90. The number of benzene rings is 2. The Morgan fingerprint density at radius 1 is 1.11 bits per heavy atom. The minimum Gasteiger partial charge on any atom is -0.412 e. The summed E-state index contributed by atoms with van der Waals surface area (Å²) in [5.41, 5.74) is 1.49. The van der Waals surface area contributed by atoms with Crippen LogP contribution in [0, 0.1) is 0 Å². The molecule has 1 radical (unpaired) electrons. The first-order valence-corrected chi connectivity index (χ1v) is 8.51. The number of rotatable bonds is 2. The fraction of sp³-hybridized carbons (Fsp3) is 0.375. The third kappa shape index (κ3) is 2.11. The van der Waals surface area contributed by atoms with Gasteiger partial charge in [0, 0.05) is 6.61 Å². The van der Waals surface area contributed by atoms with Crippen LogP contribution in [0.3, 0.4) is 0 Å². The molecule has 1 nitrogen and oxygen atoms in total. The Balaban J connectivity index is 2.16. The molecular formula is C16H19OSi. The Hall–Kier alpha value is -1.12. The zero-order valence-corrected chi connectivity index (χ0v) is 11.9. The normalized spacial score (nSPS) is 17.2. The van der Waals surface area contributed by atoms with Crippen molar-refractivity contribution in [1.29, 1.82) is 0 Å². The van der Waals surface area contributed by atoms with Crippen molar-refractivity contribution in [3.8, 4) is 0 Å². The molecule has 1 heterocycles. The van der Waals surface area contributed by atoms with Gasteiger partial charge in [0.1, 0.15) is 0 Å². The Kier molecular flexibility index (Phi) is 3.48. The molecule has 0 aliphatic carbocycles. The fourth-order valence-corrected chi connectivity index (χ4v) is 5.44. The van der Waals surface area contributed by atoms with E-state index in [1.54, 1.807) is 5.19 Å². The van der Waals surface area contributed by atoms with Gasteiger partial charge in [-0.3, -0.25) is 0 Å². The summed E-state index contributed by atoms with van der Waals surface area (Å²) in [6.45, 7) is 3.21. The van der Waals surface area contributed by atoms with Crippen molar-refractivity contribution in [3.63, 3.8) is 0 Å². The molecule has 1 saturated heterocycles. The Morgan fingerprint density at radius 2 is 2.00 bits per heavy atom. The second-order valence-corrected chi connectivity index (χ2v) is 7.04. The van der Waals surface area contributed by atoms with Crippen LogP contribution in [-0.2, 0) is 10.8 Å². The van der Waals surface area contributed by atoms with E-state index in [1.807, 2.05) is 0 Å². The van der Waals surface area contributed by atoms with Gasteiger partial charge in [-0.15, -0.1) is 0 Å². The quantitative estimate of drug-likeness (QED) is 0.747. The predicted octanol–water partition coefficient (Wildman–Crippen LogP) is 3.41. The molecule has 0 unspecified atom stereocenters. The predicted molar refractivity (Wildman–Crippen MR) is 78.7 cm³/mol. The molecule has 2 aromatic rings. The van der Waals surface area contributed by atoms with E-state index in [0.29, 0.717) is 0 Å². The molecule has 0 aromatic heterocycles. The van der Waals surface area contributed by atoms with Crippen LogP contribution in [0.4, 0.5) is 0 Å². The molecule has 0 amide bonds. The van der Waals surface area contributed by atoms with Gasteiger partial charge in [-0.1, -0.05) is 49.7 Å². The van der Waals surface area contributed by atoms with Crippen LogP contribution < -0.4 is 5.19 Å². The second-order valence-electron chi connectivity index (χ2n) is 4.90. The number of hydrogen-bond acceptors (Lipinski definition) is 1. The van der Waals surface area contributed by atoms with Crippen LogP contribution in [0.5, 0.6) is 0 Å². The van der Waals surface area contributed by atoms with Crippen molar-refractivity contribution in [2.45, 2.75) is 32.2 Å². The third-order valence-corrected chi connectivity index (χ3v) is 6.26. The number of aryl methyl sites for hydroxylation is 1. The molecule has 1 aliphatic rings. The number of fused-ring (bicyclic) bond motifs is 1. The van der Waals surface area contributed by atoms with Crippen molar-refractivity contribution < 1.29 is 4.43 Å². The van der Waals surface area contributed by atoms with Gasteiger partial charge in [-0.2, -0.15) is 0 Å². The molecule has 0 saturated carbocycles. The molecule has 18 heavy (non-hydrogen) atoms. The van der Waals surface area contributed by atoms with E-state index in [-0.39, 0.29) is 0 Å². The van der Waals surface area contributed by atoms with Gasteiger partial charge in [-0.25, -0.2) is 0 Å². The van der Waals surface area contributed by atoms with Crippen molar-refractivity contribution in [2.75, 3.05) is 6.61 Å². The van der Waals surface area contributed by atoms with Gasteiger partial charge in [0.25, 0.3) is 0 Å². The highest BCUT2D eigenvalue weighted by atomic mass is 28.3. The topological polar surface area (TPSA) is 9.23 Å². The molecule has 0 spiro atoms. The lowest BCUT2D eigenvalue weighted by Crippen LogP contribution is -2.39. The lowest BCUT2D eigenvalue weighted by molar-refractivity contribution is 0.294. The van der Waals surface area contributed by atoms with E-state index in [1.165, 1.54) is 35.2 Å². The van der Waals surface area contributed by atoms with Gasteiger partial charge in [-0.05, 0) is 40.4 Å². The molecule has 0 bridgehead atoms. The van der Waals surface area contributed by atoms with Crippen LogP contribution in [-0.4, -0.2) is 15.6 Å². The maximum absolute atomic E-state index is 6.12. The summed E-state index contributed by atoms with van der Waals surface area (Å²) in [6, 6.07) is 14.6. The SMILES string of the molecule is CCc1ccc2ccccc2c1[Si]1CCCCO1. The fourth-order valence-electron chi connectivity index (χ4n) is 2.79. The smallest absolute Gasteiger partial charge is 0.247 e. The third-order valence-electron chi connectivity index (χ3n) is 3.75. The molecule has 1 aliphatic heterocycles. The van der Waals surface area contributed by atoms with Gasteiger partial charge in [0.05, 0.1) is 0 Å². The molecule has 1 fully saturated rings. The molecule has 0 N–H and O–H groups in total. The maximum atomic E-state index is 6.12. The Bertz CT molecular complexity index is 544. The van der Waals surface area contributed by atoms with E-state index in [9.17, 15) is 0 Å². The van der Waals surface area contributed by atoms with E-state index in [2.05, 4.69) is 43.3 Å². The highest BCUT2D eigenvalue weighted by Crippen LogP contribution is 2.19. The van der Waals surface area contributed by atoms with E-state index in [4.69, 9.17) is 4.43 Å². The minimum absolute atomic E-state index is 0.792. The second kappa shape index (κ2) is 5.25. The van der Waals surface area contributed by atoms with Crippen LogP contribution >= 0.6 is 0 Å². The molecule has 0 atom stereocenters. The monoisotopic (exact) mass is 255 g/mol. The summed E-state index contributed by atoms with van der Waals surface area (Å²) in [5.74, 6) is 0. The lowest BCUT2D eigenvalue weighted by atomic mass is 10.1. The van der Waals surface area contributed by atoms with Gasteiger partial charge < -0.3 is 4.43 Å². The highest BCUT2D eigenvalue weighted by Gasteiger charge is 2.24. The average Bonchev–Trinajstić information content (AvgIpc) is 2.47. The Morgan fingerprint density at radius 3 is 2.78 bits per heavy atom. The molecule has 2 aromatic carbocycles. The summed E-state index contributed by atoms with van der Waals surface area (Å²) in [6.07, 6.45) is 3.68. The van der Waals surface area contributed by atoms with Gasteiger partial charge in [0.2, 0.25) is 9.04 Å². The first kappa shape index (κ1) is 11.9. The summed E-state index contributed by atoms with van der Waals surface area (Å²) in [7, 11) is -0.792. The van der Waals surface area contributed by atoms with Crippen LogP contribution in [0.2, 0.25) is 6.04 Å². The van der Waals surface area contributed by atoms with E-state index in [0.717, 1.165) is 13.0 Å². The molecule has 2 heteroatoms. The molecule has 93 valence electrons. The lowest BCUT2D eigenvalue weighted by Gasteiger charge is -2.24. The maximum Gasteiger partial charge on any atom is 0.247 e. The van der Waals surface area contributed by atoms with Crippen molar-refractivity contribution in [3.05, 3.63) is 42.0 Å². The largest absolute Gasteiger partial charge is 0.412 e. The summed E-state index contributed by atoms with van der Waals surface area (Å²) >= 11 is 0. The van der Waals surface area contributed by atoms with Gasteiger partial charge >= 0.3 is 0 Å². The highest BCUT2D eigenvalue weighted by molar-refractivity contribution is 6.70. The van der Waals surface area contributed by atoms with E-state index >= 15 is 0 Å². The first-order valence-electron chi connectivity index (χ1n) is 6.90. The zero-order chi connectivity index (χ0) is 12.4. The van der Waals surface area contributed by atoms with Crippen LogP contribution in [0.15, 0.2) is 36.4 Å². The standard InChI is InChI=1S/C16H19OSi/c1-2-13-9-10-14-7-3-4-8-15(14)16(13)18-12-6-5-11-17-18/h3-4,7-10H,2,5-6,11-12H2,1H3. The van der Waals surface area contributed by atoms with Crippen LogP contribution in [0.25, 0.3) is 10.8 Å². The van der Waals surface area contributed by atoms with Crippen molar-refractivity contribution >= 4 is 25.0 Å². The van der Waals surface area contributed by atoms with Crippen molar-refractivity contribution in [2.24, 2.45) is 0 Å². The zero-order valence-electron chi connectivity index (χ0n) is 10.9. The van der Waals surface area contributed by atoms with E-state index < -0.39 is 9.04 Å². The molecule has 3 rings (SSSR count). The van der Waals surface area contributed by atoms with Crippen molar-refractivity contribution in [1.82, 2.24) is 0 Å². The Labute approximate surface area is 111 Å². The summed E-state index contributed by atoms with van der Waals surface area (Å²) < 4.78 is 6.12. The number of hydrogen-bond donors (Lipinski definition) is 0. The summed E-state index contributed by atoms with van der Waals surface area (Å²) in [5, 5.41) is 4.32.